The van der Waals surface area contributed by atoms with Crippen molar-refractivity contribution in [1.29, 1.82) is 0 Å². The van der Waals surface area contributed by atoms with Gasteiger partial charge in [0, 0.05) is 42.5 Å². The van der Waals surface area contributed by atoms with Crippen molar-refractivity contribution in [3.05, 3.63) is 53.9 Å². The Morgan fingerprint density at radius 2 is 1.52 bits per heavy atom. The van der Waals surface area contributed by atoms with Crippen LogP contribution < -0.4 is 0 Å². The topological polar surface area (TPSA) is 33.2 Å². The highest BCUT2D eigenvalue weighted by Gasteiger charge is 2.15. The molecule has 2 rings (SSSR count). The van der Waals surface area contributed by atoms with Crippen LogP contribution in [0.5, 0.6) is 0 Å². The van der Waals surface area contributed by atoms with E-state index in [0.29, 0.717) is 5.56 Å². The number of amides is 1. The van der Waals surface area contributed by atoms with Gasteiger partial charge in [0.05, 0.1) is 0 Å². The van der Waals surface area contributed by atoms with E-state index in [1.807, 2.05) is 30.5 Å². The number of benzene rings is 1. The lowest BCUT2D eigenvalue weighted by atomic mass is 9.91. The number of nitrogens with zero attached hydrogens (tertiary/aromatic N) is 2. The highest BCUT2D eigenvalue weighted by Crippen LogP contribution is 2.24. The van der Waals surface area contributed by atoms with Crippen molar-refractivity contribution in [2.75, 3.05) is 14.1 Å². The molecule has 2 aromatic rings. The molecule has 3 nitrogen and oxygen atoms in total. The SMILES string of the molecule is CN(C)C(=O)c1ccc(-c2ccc(C(C)(C)C)nc2)cc1. The molecular formula is C18H22N2O. The molecule has 3 heteroatoms. The molecule has 0 fully saturated rings. The average molecular weight is 282 g/mol. The fourth-order valence-electron chi connectivity index (χ4n) is 2.07. The molecule has 0 aliphatic rings. The van der Waals surface area contributed by atoms with Crippen LogP contribution in [0.25, 0.3) is 11.1 Å². The molecule has 110 valence electrons. The molecule has 0 saturated carbocycles. The van der Waals surface area contributed by atoms with E-state index in [2.05, 4.69) is 37.9 Å². The summed E-state index contributed by atoms with van der Waals surface area (Å²) in [6, 6.07) is 11.8. The van der Waals surface area contributed by atoms with Gasteiger partial charge >= 0.3 is 0 Å². The van der Waals surface area contributed by atoms with Crippen molar-refractivity contribution in [3.63, 3.8) is 0 Å². The van der Waals surface area contributed by atoms with Crippen molar-refractivity contribution < 1.29 is 4.79 Å². The molecule has 1 amide bonds. The number of carbonyl (C=O) groups excluding carboxylic acids is 1. The van der Waals surface area contributed by atoms with Gasteiger partial charge in [-0.2, -0.15) is 0 Å². The molecule has 1 heterocycles. The van der Waals surface area contributed by atoms with Gasteiger partial charge in [-0.05, 0) is 23.8 Å². The summed E-state index contributed by atoms with van der Waals surface area (Å²) in [6.45, 7) is 6.45. The molecule has 0 aliphatic heterocycles. The van der Waals surface area contributed by atoms with Gasteiger partial charge in [0.25, 0.3) is 5.91 Å². The zero-order valence-electron chi connectivity index (χ0n) is 13.3. The molecule has 1 aromatic heterocycles. The first kappa shape index (κ1) is 15.2. The van der Waals surface area contributed by atoms with Gasteiger partial charge in [0.1, 0.15) is 0 Å². The average Bonchev–Trinajstić information content (AvgIpc) is 2.46. The summed E-state index contributed by atoms with van der Waals surface area (Å²) in [5, 5.41) is 0. The van der Waals surface area contributed by atoms with Crippen LogP contribution in [0, 0.1) is 0 Å². The molecule has 21 heavy (non-hydrogen) atoms. The molecule has 1 aromatic carbocycles. The third-order valence-electron chi connectivity index (χ3n) is 3.40. The Balaban J connectivity index is 2.25. The number of carbonyl (C=O) groups is 1. The lowest BCUT2D eigenvalue weighted by Gasteiger charge is -2.17. The van der Waals surface area contributed by atoms with E-state index in [1.54, 1.807) is 19.0 Å². The van der Waals surface area contributed by atoms with Crippen molar-refractivity contribution in [2.24, 2.45) is 0 Å². The molecule has 0 N–H and O–H groups in total. The minimum Gasteiger partial charge on any atom is -0.345 e. The number of aromatic nitrogens is 1. The summed E-state index contributed by atoms with van der Waals surface area (Å²) in [7, 11) is 3.51. The van der Waals surface area contributed by atoms with Crippen LogP contribution in [0.2, 0.25) is 0 Å². The van der Waals surface area contributed by atoms with E-state index in [4.69, 9.17) is 0 Å². The van der Waals surface area contributed by atoms with Gasteiger partial charge in [-0.25, -0.2) is 0 Å². The van der Waals surface area contributed by atoms with Crippen molar-refractivity contribution in [2.45, 2.75) is 26.2 Å². The molecule has 0 aliphatic carbocycles. The smallest absolute Gasteiger partial charge is 0.253 e. The quantitative estimate of drug-likeness (QED) is 0.840. The zero-order chi connectivity index (χ0) is 15.6. The normalized spacial score (nSPS) is 11.3. The summed E-state index contributed by atoms with van der Waals surface area (Å²) < 4.78 is 0. The second-order valence-corrected chi connectivity index (χ2v) is 6.46. The van der Waals surface area contributed by atoms with E-state index < -0.39 is 0 Å². The Bertz CT molecular complexity index is 620. The van der Waals surface area contributed by atoms with E-state index in [9.17, 15) is 4.79 Å². The van der Waals surface area contributed by atoms with Gasteiger partial charge in [-0.15, -0.1) is 0 Å². The highest BCUT2D eigenvalue weighted by atomic mass is 16.2. The minimum atomic E-state index is 0.0164. The highest BCUT2D eigenvalue weighted by molar-refractivity contribution is 5.94. The first-order chi connectivity index (χ1) is 9.79. The maximum Gasteiger partial charge on any atom is 0.253 e. The maximum absolute atomic E-state index is 11.9. The minimum absolute atomic E-state index is 0.0164. The van der Waals surface area contributed by atoms with Gasteiger partial charge < -0.3 is 4.90 Å². The van der Waals surface area contributed by atoms with Gasteiger partial charge in [-0.1, -0.05) is 39.0 Å². The van der Waals surface area contributed by atoms with E-state index in [-0.39, 0.29) is 11.3 Å². The van der Waals surface area contributed by atoms with Crippen LogP contribution in [0.4, 0.5) is 0 Å². The van der Waals surface area contributed by atoms with Gasteiger partial charge in [-0.3, -0.25) is 9.78 Å². The number of rotatable bonds is 2. The summed E-state index contributed by atoms with van der Waals surface area (Å²) >= 11 is 0. The summed E-state index contributed by atoms with van der Waals surface area (Å²) in [4.78, 5) is 18.0. The Kier molecular flexibility index (Phi) is 4.12. The van der Waals surface area contributed by atoms with Crippen LogP contribution in [0.15, 0.2) is 42.6 Å². The third kappa shape index (κ3) is 3.48. The van der Waals surface area contributed by atoms with Crippen LogP contribution >= 0.6 is 0 Å². The molecule has 0 spiro atoms. The predicted octanol–water partition coefficient (Wildman–Crippen LogP) is 3.75. The van der Waals surface area contributed by atoms with Crippen LogP contribution in [-0.4, -0.2) is 29.9 Å². The fourth-order valence-corrected chi connectivity index (χ4v) is 2.07. The first-order valence-corrected chi connectivity index (χ1v) is 7.07. The Morgan fingerprint density at radius 1 is 0.952 bits per heavy atom. The molecular weight excluding hydrogens is 260 g/mol. The standard InChI is InChI=1S/C18H22N2O/c1-18(2,3)16-11-10-15(12-19-16)13-6-8-14(9-7-13)17(21)20(4)5/h6-12H,1-5H3. The molecule has 0 saturated heterocycles. The predicted molar refractivity (Wildman–Crippen MR) is 86.4 cm³/mol. The largest absolute Gasteiger partial charge is 0.345 e. The van der Waals surface area contributed by atoms with E-state index in [0.717, 1.165) is 16.8 Å². The number of pyridine rings is 1. The van der Waals surface area contributed by atoms with Gasteiger partial charge in [0.15, 0.2) is 0 Å². The Labute approximate surface area is 126 Å². The van der Waals surface area contributed by atoms with Crippen molar-refractivity contribution in [3.8, 4) is 11.1 Å². The zero-order valence-corrected chi connectivity index (χ0v) is 13.3. The summed E-state index contributed by atoms with van der Waals surface area (Å²) in [5.74, 6) is 0.0164. The second kappa shape index (κ2) is 5.68. The summed E-state index contributed by atoms with van der Waals surface area (Å²) in [5.41, 5.74) is 3.96. The first-order valence-electron chi connectivity index (χ1n) is 7.07. The van der Waals surface area contributed by atoms with Crippen LogP contribution in [0.3, 0.4) is 0 Å². The third-order valence-corrected chi connectivity index (χ3v) is 3.40. The van der Waals surface area contributed by atoms with Crippen LogP contribution in [0.1, 0.15) is 36.8 Å². The molecule has 0 atom stereocenters. The van der Waals surface area contributed by atoms with Gasteiger partial charge in [0.2, 0.25) is 0 Å². The fraction of sp³-hybridized carbons (Fsp3) is 0.333. The molecule has 0 bridgehead atoms. The Hall–Kier alpha value is -2.16. The van der Waals surface area contributed by atoms with E-state index in [1.165, 1.54) is 0 Å². The number of hydrogen-bond acceptors (Lipinski definition) is 2. The Morgan fingerprint density at radius 3 is 1.95 bits per heavy atom. The van der Waals surface area contributed by atoms with E-state index >= 15 is 0 Å². The monoisotopic (exact) mass is 282 g/mol. The maximum atomic E-state index is 11.9. The van der Waals surface area contributed by atoms with Crippen LogP contribution in [-0.2, 0) is 5.41 Å². The summed E-state index contributed by atoms with van der Waals surface area (Å²) in [6.07, 6.45) is 1.89. The second-order valence-electron chi connectivity index (χ2n) is 6.46. The van der Waals surface area contributed by atoms with Crippen molar-refractivity contribution in [1.82, 2.24) is 9.88 Å². The molecule has 0 unspecified atom stereocenters. The lowest BCUT2D eigenvalue weighted by Crippen LogP contribution is -2.21. The van der Waals surface area contributed by atoms with Crippen molar-refractivity contribution >= 4 is 5.91 Å². The molecule has 0 radical (unpaired) electrons. The number of hydrogen-bond donors (Lipinski definition) is 0. The lowest BCUT2D eigenvalue weighted by molar-refractivity contribution is 0.0827.